The van der Waals surface area contributed by atoms with Crippen LogP contribution in [0.15, 0.2) is 30.7 Å². The van der Waals surface area contributed by atoms with E-state index in [1.54, 1.807) is 6.33 Å². The molecule has 0 bridgehead atoms. The van der Waals surface area contributed by atoms with Crippen LogP contribution in [0.3, 0.4) is 0 Å². The summed E-state index contributed by atoms with van der Waals surface area (Å²) >= 11 is 0. The van der Waals surface area contributed by atoms with Crippen LogP contribution in [0.5, 0.6) is 0 Å². The normalized spacial score (nSPS) is 11.8. The lowest BCUT2D eigenvalue weighted by atomic mass is 10.2. The molecule has 0 aliphatic carbocycles. The average Bonchev–Trinajstić information content (AvgIpc) is 3.22. The van der Waals surface area contributed by atoms with Gasteiger partial charge in [0.15, 0.2) is 0 Å². The van der Waals surface area contributed by atoms with Crippen LogP contribution in [-0.2, 0) is 11.8 Å². The van der Waals surface area contributed by atoms with Crippen molar-refractivity contribution in [3.8, 4) is 11.4 Å². The van der Waals surface area contributed by atoms with Crippen molar-refractivity contribution in [2.75, 3.05) is 18.5 Å². The van der Waals surface area contributed by atoms with Gasteiger partial charge in [-0.05, 0) is 44.9 Å². The molecule has 4 aromatic rings. The van der Waals surface area contributed by atoms with E-state index in [1.165, 1.54) is 5.56 Å². The molecule has 0 saturated heterocycles. The van der Waals surface area contributed by atoms with Crippen molar-refractivity contribution >= 4 is 27.9 Å². The highest BCUT2D eigenvalue weighted by molar-refractivity contribution is 6.01. The van der Waals surface area contributed by atoms with Gasteiger partial charge in [-0.2, -0.15) is 0 Å². The molecule has 28 heavy (non-hydrogen) atoms. The zero-order chi connectivity index (χ0) is 19.7. The van der Waals surface area contributed by atoms with E-state index in [4.69, 9.17) is 9.72 Å². The number of nitrogens with one attached hydrogen (secondary N) is 2. The van der Waals surface area contributed by atoms with Gasteiger partial charge >= 0.3 is 0 Å². The Morgan fingerprint density at radius 2 is 2.11 bits per heavy atom. The first-order valence-corrected chi connectivity index (χ1v) is 9.65. The fourth-order valence-corrected chi connectivity index (χ4v) is 3.37. The zero-order valence-electron chi connectivity index (χ0n) is 16.8. The largest absolute Gasteiger partial charge is 0.379 e. The summed E-state index contributed by atoms with van der Waals surface area (Å²) in [7, 11) is 1.99. The second kappa shape index (κ2) is 7.59. The lowest BCUT2D eigenvalue weighted by Crippen LogP contribution is -2.10. The number of aryl methyl sites for hydroxylation is 2. The van der Waals surface area contributed by atoms with Gasteiger partial charge in [0.2, 0.25) is 0 Å². The summed E-state index contributed by atoms with van der Waals surface area (Å²) in [5.41, 5.74) is 5.06. The fourth-order valence-electron chi connectivity index (χ4n) is 3.37. The molecule has 4 rings (SSSR count). The first-order chi connectivity index (χ1) is 13.5. The number of fused-ring (bicyclic) bond motifs is 2. The smallest absolute Gasteiger partial charge is 0.145 e. The van der Waals surface area contributed by atoms with Gasteiger partial charge in [-0.3, -0.25) is 0 Å². The molecule has 3 aromatic heterocycles. The number of aromatic nitrogens is 5. The van der Waals surface area contributed by atoms with Crippen LogP contribution >= 0.6 is 0 Å². The van der Waals surface area contributed by atoms with Crippen LogP contribution in [0.4, 0.5) is 5.82 Å². The minimum absolute atomic E-state index is 0.253. The number of benzene rings is 1. The van der Waals surface area contributed by atoms with E-state index in [0.717, 1.165) is 58.8 Å². The Labute approximate surface area is 164 Å². The van der Waals surface area contributed by atoms with E-state index in [-0.39, 0.29) is 6.10 Å². The Bertz CT molecular complexity index is 1110. The molecule has 7 nitrogen and oxygen atoms in total. The third kappa shape index (κ3) is 3.57. The Hall–Kier alpha value is -2.93. The van der Waals surface area contributed by atoms with Gasteiger partial charge in [0, 0.05) is 32.0 Å². The van der Waals surface area contributed by atoms with Gasteiger partial charge in [0.25, 0.3) is 0 Å². The summed E-state index contributed by atoms with van der Waals surface area (Å²) in [5.74, 6) is 1.65. The molecule has 0 saturated carbocycles. The third-order valence-electron chi connectivity index (χ3n) is 4.71. The number of hydrogen-bond donors (Lipinski definition) is 2. The number of ether oxygens (including phenoxy) is 1. The monoisotopic (exact) mass is 378 g/mol. The fraction of sp³-hybridized carbons (Fsp3) is 0.381. The number of hydrogen-bond acceptors (Lipinski definition) is 5. The van der Waals surface area contributed by atoms with E-state index in [2.05, 4.69) is 45.5 Å². The van der Waals surface area contributed by atoms with Crippen LogP contribution < -0.4 is 5.32 Å². The summed E-state index contributed by atoms with van der Waals surface area (Å²) in [4.78, 5) is 17.2. The molecule has 3 heterocycles. The van der Waals surface area contributed by atoms with E-state index in [0.29, 0.717) is 0 Å². The lowest BCUT2D eigenvalue weighted by molar-refractivity contribution is 0.0787. The molecule has 7 heteroatoms. The summed E-state index contributed by atoms with van der Waals surface area (Å²) in [6, 6.07) is 6.23. The van der Waals surface area contributed by atoms with Crippen molar-refractivity contribution < 1.29 is 4.74 Å². The summed E-state index contributed by atoms with van der Waals surface area (Å²) in [6.45, 7) is 7.69. The first-order valence-electron chi connectivity index (χ1n) is 9.65. The molecule has 1 aromatic carbocycles. The SMILES string of the molecule is Cc1ccc2nc(-c3cn(C)c4ncnc(NCCCOC(C)C)c34)[nH]c2c1. The molecule has 0 amide bonds. The topological polar surface area (TPSA) is 80.7 Å². The second-order valence-corrected chi connectivity index (χ2v) is 7.38. The van der Waals surface area contributed by atoms with Crippen LogP contribution in [0.2, 0.25) is 0 Å². The number of nitrogens with zero attached hydrogens (tertiary/aromatic N) is 4. The number of H-pyrrole nitrogens is 1. The van der Waals surface area contributed by atoms with E-state index >= 15 is 0 Å². The molecule has 0 fully saturated rings. The highest BCUT2D eigenvalue weighted by Gasteiger charge is 2.17. The van der Waals surface area contributed by atoms with E-state index < -0.39 is 0 Å². The third-order valence-corrected chi connectivity index (χ3v) is 4.71. The number of anilines is 1. The van der Waals surface area contributed by atoms with Crippen molar-refractivity contribution in [1.82, 2.24) is 24.5 Å². The Morgan fingerprint density at radius 3 is 2.93 bits per heavy atom. The standard InChI is InChI=1S/C21H26N6O/c1-13(2)28-9-5-8-22-20-18-15(11-27(4)21(18)24-12-23-20)19-25-16-7-6-14(3)10-17(16)26-19/h6-7,10-13H,5,8-9H2,1-4H3,(H,25,26)(H,22,23,24). The second-order valence-electron chi connectivity index (χ2n) is 7.38. The van der Waals surface area contributed by atoms with Crippen LogP contribution in [0.1, 0.15) is 25.8 Å². The maximum Gasteiger partial charge on any atom is 0.145 e. The molecule has 146 valence electrons. The maximum absolute atomic E-state index is 5.62. The average molecular weight is 378 g/mol. The van der Waals surface area contributed by atoms with Crippen molar-refractivity contribution in [2.24, 2.45) is 7.05 Å². The van der Waals surface area contributed by atoms with Gasteiger partial charge in [0.1, 0.15) is 23.6 Å². The quantitative estimate of drug-likeness (QED) is 0.474. The summed E-state index contributed by atoms with van der Waals surface area (Å²) in [6.07, 6.45) is 4.82. The molecule has 0 unspecified atom stereocenters. The van der Waals surface area contributed by atoms with Gasteiger partial charge in [0.05, 0.1) is 22.5 Å². The predicted octanol–water partition coefficient (Wildman–Crippen LogP) is 4.05. The van der Waals surface area contributed by atoms with Crippen molar-refractivity contribution in [1.29, 1.82) is 0 Å². The van der Waals surface area contributed by atoms with Crippen LogP contribution in [0, 0.1) is 6.92 Å². The molecule has 0 aliphatic heterocycles. The summed E-state index contributed by atoms with van der Waals surface area (Å²) < 4.78 is 7.63. The number of rotatable bonds is 7. The number of aromatic amines is 1. The number of imidazole rings is 1. The van der Waals surface area contributed by atoms with Gasteiger partial charge in [-0.15, -0.1) is 0 Å². The first kappa shape index (κ1) is 18.4. The minimum atomic E-state index is 0.253. The van der Waals surface area contributed by atoms with Gasteiger partial charge in [-0.1, -0.05) is 6.07 Å². The van der Waals surface area contributed by atoms with Gasteiger partial charge in [-0.25, -0.2) is 15.0 Å². The molecule has 0 spiro atoms. The molecule has 0 radical (unpaired) electrons. The van der Waals surface area contributed by atoms with Crippen LogP contribution in [0.25, 0.3) is 33.5 Å². The van der Waals surface area contributed by atoms with Crippen molar-refractivity contribution in [2.45, 2.75) is 33.3 Å². The molecular formula is C21H26N6O. The van der Waals surface area contributed by atoms with Gasteiger partial charge < -0.3 is 19.6 Å². The minimum Gasteiger partial charge on any atom is -0.379 e. The Morgan fingerprint density at radius 1 is 1.25 bits per heavy atom. The maximum atomic E-state index is 5.62. The Kier molecular flexibility index (Phi) is 5.00. The van der Waals surface area contributed by atoms with Crippen LogP contribution in [-0.4, -0.2) is 43.8 Å². The molecule has 2 N–H and O–H groups in total. The lowest BCUT2D eigenvalue weighted by Gasteiger charge is -2.09. The zero-order valence-corrected chi connectivity index (χ0v) is 16.8. The predicted molar refractivity (Wildman–Crippen MR) is 113 cm³/mol. The Balaban J connectivity index is 1.68. The molecular weight excluding hydrogens is 352 g/mol. The molecule has 0 aliphatic rings. The van der Waals surface area contributed by atoms with Crippen molar-refractivity contribution in [3.05, 3.63) is 36.3 Å². The molecule has 0 atom stereocenters. The van der Waals surface area contributed by atoms with Crippen molar-refractivity contribution in [3.63, 3.8) is 0 Å². The highest BCUT2D eigenvalue weighted by atomic mass is 16.5. The highest BCUT2D eigenvalue weighted by Crippen LogP contribution is 2.32. The van der Waals surface area contributed by atoms with E-state index in [9.17, 15) is 0 Å². The van der Waals surface area contributed by atoms with E-state index in [1.807, 2.05) is 31.5 Å². The summed E-state index contributed by atoms with van der Waals surface area (Å²) in [5, 5.41) is 4.42.